The largest absolute Gasteiger partial charge is 0.349 e. The van der Waals surface area contributed by atoms with Gasteiger partial charge >= 0.3 is 0 Å². The molecule has 0 aliphatic heterocycles. The predicted molar refractivity (Wildman–Crippen MR) is 126 cm³/mol. The number of anilines is 1. The summed E-state index contributed by atoms with van der Waals surface area (Å²) in [5, 5.41) is 12.6. The van der Waals surface area contributed by atoms with Crippen LogP contribution in [0.25, 0.3) is 16.3 Å². The Hall–Kier alpha value is -3.71. The highest BCUT2D eigenvalue weighted by Crippen LogP contribution is 2.29. The third kappa shape index (κ3) is 4.20. The van der Waals surface area contributed by atoms with Crippen LogP contribution in [-0.2, 0) is 0 Å². The van der Waals surface area contributed by atoms with Crippen molar-refractivity contribution in [2.75, 3.05) is 5.32 Å². The quantitative estimate of drug-likeness (QED) is 0.439. The lowest BCUT2D eigenvalue weighted by atomic mass is 10.1. The maximum Gasteiger partial charge on any atom is 0.259 e. The number of carbonyl (C=O) groups is 2. The molecule has 2 amide bonds. The molecule has 2 N–H and O–H groups in total. The van der Waals surface area contributed by atoms with E-state index >= 15 is 0 Å². The molecule has 0 spiro atoms. The minimum atomic E-state index is -0.265. The van der Waals surface area contributed by atoms with Crippen LogP contribution in [0.1, 0.15) is 39.1 Å². The van der Waals surface area contributed by atoms with Crippen LogP contribution in [0, 0.1) is 6.92 Å². The van der Waals surface area contributed by atoms with Crippen LogP contribution in [0.4, 0.5) is 5.69 Å². The number of thiophene rings is 1. The van der Waals surface area contributed by atoms with Crippen molar-refractivity contribution in [2.45, 2.75) is 25.8 Å². The summed E-state index contributed by atoms with van der Waals surface area (Å²) in [7, 11) is 0. The Labute approximate surface area is 189 Å². The molecule has 0 unspecified atom stereocenters. The number of benzene rings is 2. The number of nitrogens with zero attached hydrogens (tertiary/aromatic N) is 2. The summed E-state index contributed by atoms with van der Waals surface area (Å²) in [5.41, 5.74) is 4.01. The Morgan fingerprint density at radius 2 is 1.84 bits per heavy atom. The number of amides is 2. The van der Waals surface area contributed by atoms with Gasteiger partial charge in [0.05, 0.1) is 16.1 Å². The first-order valence-electron chi connectivity index (χ1n) is 10.5. The second-order valence-corrected chi connectivity index (χ2v) is 8.83. The van der Waals surface area contributed by atoms with E-state index in [0.717, 1.165) is 29.0 Å². The lowest BCUT2D eigenvalue weighted by Gasteiger charge is -2.11. The maximum atomic E-state index is 13.3. The summed E-state index contributed by atoms with van der Waals surface area (Å²) >= 11 is 1.53. The molecule has 1 aliphatic rings. The van der Waals surface area contributed by atoms with Gasteiger partial charge < -0.3 is 10.6 Å². The second-order valence-electron chi connectivity index (χ2n) is 7.88. The zero-order chi connectivity index (χ0) is 22.1. The normalized spacial score (nSPS) is 13.0. The lowest BCUT2D eigenvalue weighted by Crippen LogP contribution is -2.25. The Bertz CT molecular complexity index is 1270. The number of para-hydroxylation sites is 1. The van der Waals surface area contributed by atoms with E-state index in [1.807, 2.05) is 60.8 Å². The van der Waals surface area contributed by atoms with E-state index in [2.05, 4.69) is 10.6 Å². The predicted octanol–water partition coefficient (Wildman–Crippen LogP) is 5.05. The zero-order valence-corrected chi connectivity index (χ0v) is 18.4. The first-order chi connectivity index (χ1) is 15.6. The van der Waals surface area contributed by atoms with Gasteiger partial charge in [-0.05, 0) is 61.0 Å². The van der Waals surface area contributed by atoms with Crippen molar-refractivity contribution in [1.82, 2.24) is 15.1 Å². The summed E-state index contributed by atoms with van der Waals surface area (Å²) in [6, 6.07) is 19.2. The standard InChI is InChI=1S/C25H22N4O2S/c1-16-9-10-17(24(30)26-18-11-12-18)14-21(16)27-25(31)20-15-29(19-6-3-2-4-7-19)28-23(20)22-8-5-13-32-22/h2-10,13-15,18H,11-12H2,1H3,(H,26,30)(H,27,31). The van der Waals surface area contributed by atoms with E-state index in [0.29, 0.717) is 22.5 Å². The van der Waals surface area contributed by atoms with Crippen molar-refractivity contribution in [3.63, 3.8) is 0 Å². The molecule has 0 saturated heterocycles. The molecule has 32 heavy (non-hydrogen) atoms. The van der Waals surface area contributed by atoms with Gasteiger partial charge in [-0.3, -0.25) is 9.59 Å². The maximum absolute atomic E-state index is 13.3. The topological polar surface area (TPSA) is 76.0 Å². The molecule has 160 valence electrons. The van der Waals surface area contributed by atoms with Gasteiger partial charge in [-0.25, -0.2) is 4.68 Å². The molecule has 1 fully saturated rings. The van der Waals surface area contributed by atoms with Crippen molar-refractivity contribution in [3.8, 4) is 16.3 Å². The van der Waals surface area contributed by atoms with Gasteiger partial charge in [-0.1, -0.05) is 30.3 Å². The number of hydrogen-bond acceptors (Lipinski definition) is 4. The van der Waals surface area contributed by atoms with Gasteiger partial charge in [-0.2, -0.15) is 5.10 Å². The van der Waals surface area contributed by atoms with E-state index < -0.39 is 0 Å². The third-order valence-corrected chi connectivity index (χ3v) is 6.27. The fraction of sp³-hybridized carbons (Fsp3) is 0.160. The molecular formula is C25H22N4O2S. The van der Waals surface area contributed by atoms with Crippen molar-refractivity contribution in [1.29, 1.82) is 0 Å². The summed E-state index contributed by atoms with van der Waals surface area (Å²) in [6.07, 6.45) is 3.80. The fourth-order valence-corrected chi connectivity index (χ4v) is 4.16. The van der Waals surface area contributed by atoms with Gasteiger partial charge in [0.2, 0.25) is 0 Å². The lowest BCUT2D eigenvalue weighted by molar-refractivity contribution is 0.0949. The number of carbonyl (C=O) groups excluding carboxylic acids is 2. The van der Waals surface area contributed by atoms with Crippen LogP contribution in [0.15, 0.2) is 72.2 Å². The molecule has 0 atom stereocenters. The molecule has 6 nitrogen and oxygen atoms in total. The smallest absolute Gasteiger partial charge is 0.259 e. The van der Waals surface area contributed by atoms with Crippen LogP contribution in [0.3, 0.4) is 0 Å². The van der Waals surface area contributed by atoms with Gasteiger partial charge in [0, 0.05) is 23.5 Å². The zero-order valence-electron chi connectivity index (χ0n) is 17.5. The van der Waals surface area contributed by atoms with Gasteiger partial charge in [0.25, 0.3) is 11.8 Å². The Balaban J connectivity index is 1.46. The molecule has 5 rings (SSSR count). The van der Waals surface area contributed by atoms with Crippen LogP contribution in [0.2, 0.25) is 0 Å². The van der Waals surface area contributed by atoms with E-state index in [1.165, 1.54) is 11.3 Å². The molecule has 7 heteroatoms. The fourth-order valence-electron chi connectivity index (χ4n) is 3.43. The molecule has 4 aromatic rings. The van der Waals surface area contributed by atoms with Gasteiger partial charge in [0.1, 0.15) is 5.69 Å². The highest BCUT2D eigenvalue weighted by molar-refractivity contribution is 7.13. The van der Waals surface area contributed by atoms with Crippen molar-refractivity contribution in [2.24, 2.45) is 0 Å². The summed E-state index contributed by atoms with van der Waals surface area (Å²) in [4.78, 5) is 26.7. The number of aromatic nitrogens is 2. The van der Waals surface area contributed by atoms with Crippen molar-refractivity contribution >= 4 is 28.8 Å². The molecular weight excluding hydrogens is 420 g/mol. The van der Waals surface area contributed by atoms with Crippen molar-refractivity contribution < 1.29 is 9.59 Å². The first-order valence-corrected chi connectivity index (χ1v) is 11.4. The van der Waals surface area contributed by atoms with Crippen LogP contribution < -0.4 is 10.6 Å². The highest BCUT2D eigenvalue weighted by Gasteiger charge is 2.24. The minimum absolute atomic E-state index is 0.112. The molecule has 0 radical (unpaired) electrons. The van der Waals surface area contributed by atoms with E-state index in [1.54, 1.807) is 23.0 Å². The number of rotatable bonds is 6. The monoisotopic (exact) mass is 442 g/mol. The van der Waals surface area contributed by atoms with E-state index in [-0.39, 0.29) is 17.9 Å². The van der Waals surface area contributed by atoms with E-state index in [4.69, 9.17) is 5.10 Å². The van der Waals surface area contributed by atoms with Crippen LogP contribution >= 0.6 is 11.3 Å². The molecule has 0 bridgehead atoms. The average molecular weight is 443 g/mol. The van der Waals surface area contributed by atoms with Crippen LogP contribution in [-0.4, -0.2) is 27.6 Å². The second kappa shape index (κ2) is 8.43. The molecule has 2 heterocycles. The molecule has 2 aromatic heterocycles. The Kier molecular flexibility index (Phi) is 5.33. The van der Waals surface area contributed by atoms with Gasteiger partial charge in [-0.15, -0.1) is 11.3 Å². The Morgan fingerprint density at radius 3 is 2.56 bits per heavy atom. The summed E-state index contributed by atoms with van der Waals surface area (Å²) in [5.74, 6) is -0.377. The molecule has 1 aliphatic carbocycles. The number of hydrogen-bond donors (Lipinski definition) is 2. The first kappa shape index (κ1) is 20.2. The molecule has 1 saturated carbocycles. The van der Waals surface area contributed by atoms with Crippen molar-refractivity contribution in [3.05, 3.63) is 88.9 Å². The minimum Gasteiger partial charge on any atom is -0.349 e. The third-order valence-electron chi connectivity index (χ3n) is 5.39. The summed E-state index contributed by atoms with van der Waals surface area (Å²) in [6.45, 7) is 1.91. The summed E-state index contributed by atoms with van der Waals surface area (Å²) < 4.78 is 1.72. The number of aryl methyl sites for hydroxylation is 1. The number of nitrogens with one attached hydrogen (secondary N) is 2. The van der Waals surface area contributed by atoms with Crippen LogP contribution in [0.5, 0.6) is 0 Å². The molecule has 2 aromatic carbocycles. The Morgan fingerprint density at radius 1 is 1.03 bits per heavy atom. The SMILES string of the molecule is Cc1ccc(C(=O)NC2CC2)cc1NC(=O)c1cn(-c2ccccc2)nc1-c1cccs1. The average Bonchev–Trinajstić information content (AvgIpc) is 3.27. The van der Waals surface area contributed by atoms with E-state index in [9.17, 15) is 9.59 Å². The highest BCUT2D eigenvalue weighted by atomic mass is 32.1. The van der Waals surface area contributed by atoms with Gasteiger partial charge in [0.15, 0.2) is 0 Å².